The average Bonchev–Trinajstić information content (AvgIpc) is 3.53. The lowest BCUT2D eigenvalue weighted by Gasteiger charge is -2.29. The standard InChI is InChI=1S/C46H31NO/c1-4-15-32(16-5-1)38-28-27-37(31-42(38)33-17-6-2-7-18-33)47(36-21-8-3-9-22-36)44-26-13-12-23-39(44)40-24-14-25-41-43-29-34-19-10-11-20-35(34)30-45(43)48-46(40)41/h1-31H. The van der Waals surface area contributed by atoms with Gasteiger partial charge in [0.25, 0.3) is 0 Å². The second-order valence-corrected chi connectivity index (χ2v) is 12.1. The fourth-order valence-corrected chi connectivity index (χ4v) is 6.99. The van der Waals surface area contributed by atoms with Gasteiger partial charge in [-0.2, -0.15) is 0 Å². The predicted molar refractivity (Wildman–Crippen MR) is 202 cm³/mol. The molecule has 9 aromatic rings. The fraction of sp³-hybridized carbons (Fsp3) is 0. The molecule has 1 heterocycles. The van der Waals surface area contributed by atoms with Crippen LogP contribution in [0.2, 0.25) is 0 Å². The maximum atomic E-state index is 6.72. The molecule has 0 N–H and O–H groups in total. The molecule has 226 valence electrons. The van der Waals surface area contributed by atoms with Crippen molar-refractivity contribution in [1.82, 2.24) is 0 Å². The van der Waals surface area contributed by atoms with Crippen molar-refractivity contribution in [1.29, 1.82) is 0 Å². The van der Waals surface area contributed by atoms with Gasteiger partial charge in [0.1, 0.15) is 11.2 Å². The molecule has 2 nitrogen and oxygen atoms in total. The minimum Gasteiger partial charge on any atom is -0.455 e. The molecule has 1 aromatic heterocycles. The SMILES string of the molecule is c1ccc(-c2ccc(N(c3ccccc3)c3ccccc3-c3cccc4c3oc3cc5ccccc5cc34)cc2-c2ccccc2)cc1. The number of anilines is 3. The molecule has 0 spiro atoms. The van der Waals surface area contributed by atoms with Crippen LogP contribution in [0, 0.1) is 0 Å². The zero-order chi connectivity index (χ0) is 31.9. The maximum absolute atomic E-state index is 6.72. The molecular formula is C46H31NO. The number of benzene rings is 8. The Morgan fingerprint density at radius 1 is 0.354 bits per heavy atom. The van der Waals surface area contributed by atoms with Crippen LogP contribution in [0.5, 0.6) is 0 Å². The molecule has 0 fully saturated rings. The first-order valence-corrected chi connectivity index (χ1v) is 16.4. The second-order valence-electron chi connectivity index (χ2n) is 12.1. The van der Waals surface area contributed by atoms with E-state index in [2.05, 4.69) is 193 Å². The highest BCUT2D eigenvalue weighted by Gasteiger charge is 2.21. The summed E-state index contributed by atoms with van der Waals surface area (Å²) in [5.74, 6) is 0. The van der Waals surface area contributed by atoms with Crippen molar-refractivity contribution in [3.8, 4) is 33.4 Å². The van der Waals surface area contributed by atoms with Crippen LogP contribution in [0.3, 0.4) is 0 Å². The van der Waals surface area contributed by atoms with E-state index in [1.807, 2.05) is 0 Å². The van der Waals surface area contributed by atoms with Gasteiger partial charge in [0.05, 0.1) is 5.69 Å². The number of furan rings is 1. The van der Waals surface area contributed by atoms with Crippen LogP contribution >= 0.6 is 0 Å². The molecule has 0 saturated carbocycles. The second kappa shape index (κ2) is 11.8. The van der Waals surface area contributed by atoms with Crippen LogP contribution in [0.25, 0.3) is 66.1 Å². The lowest BCUT2D eigenvalue weighted by atomic mass is 9.93. The van der Waals surface area contributed by atoms with Crippen LogP contribution in [0.15, 0.2) is 192 Å². The first-order chi connectivity index (χ1) is 23.8. The summed E-state index contributed by atoms with van der Waals surface area (Å²) in [5, 5.41) is 4.64. The van der Waals surface area contributed by atoms with Crippen molar-refractivity contribution in [3.05, 3.63) is 188 Å². The van der Waals surface area contributed by atoms with Gasteiger partial charge in [0.2, 0.25) is 0 Å². The Morgan fingerprint density at radius 2 is 0.958 bits per heavy atom. The van der Waals surface area contributed by atoms with Gasteiger partial charge in [-0.1, -0.05) is 146 Å². The van der Waals surface area contributed by atoms with Crippen molar-refractivity contribution in [2.75, 3.05) is 4.90 Å². The molecule has 0 aliphatic rings. The first-order valence-electron chi connectivity index (χ1n) is 16.4. The fourth-order valence-electron chi connectivity index (χ4n) is 6.99. The quantitative estimate of drug-likeness (QED) is 0.185. The highest BCUT2D eigenvalue weighted by Crippen LogP contribution is 2.46. The van der Waals surface area contributed by atoms with Crippen molar-refractivity contribution < 1.29 is 4.42 Å². The summed E-state index contributed by atoms with van der Waals surface area (Å²) in [6, 6.07) is 66.8. The molecule has 0 saturated heterocycles. The normalized spacial score (nSPS) is 11.3. The van der Waals surface area contributed by atoms with Crippen LogP contribution in [0.4, 0.5) is 17.1 Å². The van der Waals surface area contributed by atoms with Gasteiger partial charge < -0.3 is 9.32 Å². The summed E-state index contributed by atoms with van der Waals surface area (Å²) in [5.41, 5.74) is 12.0. The van der Waals surface area contributed by atoms with Gasteiger partial charge in [0, 0.05) is 33.3 Å². The highest BCUT2D eigenvalue weighted by atomic mass is 16.3. The Hall–Kier alpha value is -6.38. The molecule has 48 heavy (non-hydrogen) atoms. The van der Waals surface area contributed by atoms with E-state index in [1.54, 1.807) is 0 Å². The van der Waals surface area contributed by atoms with Gasteiger partial charge >= 0.3 is 0 Å². The van der Waals surface area contributed by atoms with Crippen molar-refractivity contribution in [2.45, 2.75) is 0 Å². The Labute approximate surface area is 279 Å². The Morgan fingerprint density at radius 3 is 1.71 bits per heavy atom. The van der Waals surface area contributed by atoms with E-state index >= 15 is 0 Å². The molecule has 0 unspecified atom stereocenters. The molecule has 0 aliphatic heterocycles. The van der Waals surface area contributed by atoms with Gasteiger partial charge in [0.15, 0.2) is 0 Å². The van der Waals surface area contributed by atoms with Crippen molar-refractivity contribution in [2.24, 2.45) is 0 Å². The Kier molecular flexibility index (Phi) is 6.84. The van der Waals surface area contributed by atoms with E-state index in [-0.39, 0.29) is 0 Å². The van der Waals surface area contributed by atoms with Crippen LogP contribution in [0.1, 0.15) is 0 Å². The van der Waals surface area contributed by atoms with Crippen LogP contribution in [-0.4, -0.2) is 0 Å². The minimum atomic E-state index is 0.896. The molecule has 2 heteroatoms. The number of para-hydroxylation sites is 3. The summed E-state index contributed by atoms with van der Waals surface area (Å²) in [4.78, 5) is 2.37. The van der Waals surface area contributed by atoms with Crippen LogP contribution in [-0.2, 0) is 0 Å². The van der Waals surface area contributed by atoms with E-state index in [4.69, 9.17) is 4.42 Å². The summed E-state index contributed by atoms with van der Waals surface area (Å²) in [6.45, 7) is 0. The lowest BCUT2D eigenvalue weighted by molar-refractivity contribution is 0.670. The number of hydrogen-bond donors (Lipinski definition) is 0. The van der Waals surface area contributed by atoms with E-state index < -0.39 is 0 Å². The van der Waals surface area contributed by atoms with Crippen LogP contribution < -0.4 is 4.90 Å². The number of nitrogens with zero attached hydrogens (tertiary/aromatic N) is 1. The average molecular weight is 614 g/mol. The molecule has 0 radical (unpaired) electrons. The largest absolute Gasteiger partial charge is 0.455 e. The third-order valence-electron chi connectivity index (χ3n) is 9.25. The van der Waals surface area contributed by atoms with Gasteiger partial charge in [-0.3, -0.25) is 0 Å². The summed E-state index contributed by atoms with van der Waals surface area (Å²) in [7, 11) is 0. The van der Waals surface area contributed by atoms with Gasteiger partial charge in [-0.25, -0.2) is 0 Å². The molecule has 0 atom stereocenters. The number of rotatable bonds is 6. The summed E-state index contributed by atoms with van der Waals surface area (Å²) < 4.78 is 6.72. The lowest BCUT2D eigenvalue weighted by Crippen LogP contribution is -2.11. The zero-order valence-corrected chi connectivity index (χ0v) is 26.3. The first kappa shape index (κ1) is 27.9. The van der Waals surface area contributed by atoms with E-state index in [0.29, 0.717) is 0 Å². The molecular weight excluding hydrogens is 583 g/mol. The summed E-state index contributed by atoms with van der Waals surface area (Å²) >= 11 is 0. The van der Waals surface area contributed by atoms with Crippen molar-refractivity contribution in [3.63, 3.8) is 0 Å². The summed E-state index contributed by atoms with van der Waals surface area (Å²) in [6.07, 6.45) is 0. The molecule has 0 amide bonds. The third-order valence-corrected chi connectivity index (χ3v) is 9.25. The van der Waals surface area contributed by atoms with Crippen molar-refractivity contribution >= 4 is 49.8 Å². The monoisotopic (exact) mass is 613 g/mol. The van der Waals surface area contributed by atoms with E-state index in [0.717, 1.165) is 50.1 Å². The van der Waals surface area contributed by atoms with Gasteiger partial charge in [-0.15, -0.1) is 0 Å². The molecule has 0 aliphatic carbocycles. The van der Waals surface area contributed by atoms with Gasteiger partial charge in [-0.05, 0) is 75.5 Å². The zero-order valence-electron chi connectivity index (χ0n) is 26.3. The Balaban J connectivity index is 1.27. The molecule has 8 aromatic carbocycles. The highest BCUT2D eigenvalue weighted by molar-refractivity contribution is 6.14. The Bertz CT molecular complexity index is 2550. The smallest absolute Gasteiger partial charge is 0.143 e. The third kappa shape index (κ3) is 4.83. The topological polar surface area (TPSA) is 16.4 Å². The molecule has 9 rings (SSSR count). The predicted octanol–water partition coefficient (Wildman–Crippen LogP) is 13.2. The number of hydrogen-bond acceptors (Lipinski definition) is 2. The number of fused-ring (bicyclic) bond motifs is 4. The molecule has 0 bridgehead atoms. The minimum absolute atomic E-state index is 0.896. The van der Waals surface area contributed by atoms with E-state index in [9.17, 15) is 0 Å². The maximum Gasteiger partial charge on any atom is 0.143 e. The van der Waals surface area contributed by atoms with E-state index in [1.165, 1.54) is 33.0 Å².